The van der Waals surface area contributed by atoms with Crippen molar-refractivity contribution in [2.45, 2.75) is 77.0 Å². The van der Waals surface area contributed by atoms with Gasteiger partial charge in [0.25, 0.3) is 0 Å². The highest BCUT2D eigenvalue weighted by molar-refractivity contribution is 5.85. The summed E-state index contributed by atoms with van der Waals surface area (Å²) in [6.45, 7) is 4.90. The summed E-state index contributed by atoms with van der Waals surface area (Å²) >= 11 is 0. The lowest BCUT2D eigenvalue weighted by Gasteiger charge is -2.57. The molecular weight excluding hydrogens is 288 g/mol. The normalized spacial score (nSPS) is 27.8. The summed E-state index contributed by atoms with van der Waals surface area (Å²) in [6, 6.07) is -0.00782. The van der Waals surface area contributed by atoms with E-state index in [2.05, 4.69) is 13.8 Å². The average Bonchev–Trinajstić information content (AvgIpc) is 2.94. The maximum Gasteiger partial charge on any atom is 0.239 e. The van der Waals surface area contributed by atoms with Crippen LogP contribution < -0.4 is 5.73 Å². The number of nitrogens with zero attached hydrogens (tertiary/aromatic N) is 1. The summed E-state index contributed by atoms with van der Waals surface area (Å²) in [5.74, 6) is 0.109. The predicted octanol–water partition coefficient (Wildman–Crippen LogP) is 2.73. The van der Waals surface area contributed by atoms with Gasteiger partial charge in [0.2, 0.25) is 5.91 Å². The van der Waals surface area contributed by atoms with Crippen molar-refractivity contribution < 1.29 is 9.53 Å². The van der Waals surface area contributed by atoms with E-state index in [9.17, 15) is 4.79 Å². The molecule has 1 amide bonds. The van der Waals surface area contributed by atoms with Crippen molar-refractivity contribution in [3.8, 4) is 0 Å². The van der Waals surface area contributed by atoms with Crippen molar-refractivity contribution >= 4 is 18.3 Å². The van der Waals surface area contributed by atoms with E-state index in [1.54, 1.807) is 0 Å². The minimum atomic E-state index is -0.338. The molecule has 5 heteroatoms. The number of nitrogens with two attached hydrogens (primary N) is 1. The second-order valence-corrected chi connectivity index (χ2v) is 6.48. The van der Waals surface area contributed by atoms with Crippen LogP contribution >= 0.6 is 12.4 Å². The monoisotopic (exact) mass is 318 g/mol. The van der Waals surface area contributed by atoms with Gasteiger partial charge in [-0.25, -0.2) is 0 Å². The summed E-state index contributed by atoms with van der Waals surface area (Å²) in [6.07, 6.45) is 7.99. The highest BCUT2D eigenvalue weighted by atomic mass is 35.5. The third kappa shape index (κ3) is 3.38. The van der Waals surface area contributed by atoms with E-state index < -0.39 is 0 Å². The molecule has 0 heterocycles. The molecule has 21 heavy (non-hydrogen) atoms. The zero-order valence-corrected chi connectivity index (χ0v) is 14.5. The molecular formula is C16H31ClN2O2. The molecule has 0 aromatic carbocycles. The van der Waals surface area contributed by atoms with Gasteiger partial charge in [-0.3, -0.25) is 4.79 Å². The molecule has 0 aromatic rings. The standard InChI is InChI=1S/C16H30N2O2.ClH/c1-4-8-12(17)15(19)18(3)13-11-14(20-5-2)16(13)9-6-7-10-16;/h12-14H,4-11,17H2,1-3H3;1H. The summed E-state index contributed by atoms with van der Waals surface area (Å²) in [4.78, 5) is 14.4. The molecule has 2 fully saturated rings. The summed E-state index contributed by atoms with van der Waals surface area (Å²) < 4.78 is 5.91. The Labute approximate surface area is 135 Å². The first kappa shape index (κ1) is 18.7. The lowest BCUT2D eigenvalue weighted by molar-refractivity contribution is -0.173. The SMILES string of the molecule is CCCC(N)C(=O)N(C)C1CC(OCC)C12CCCC2.Cl. The third-order valence-corrected chi connectivity index (χ3v) is 5.38. The molecule has 2 aliphatic carbocycles. The smallest absolute Gasteiger partial charge is 0.239 e. The molecule has 2 N–H and O–H groups in total. The minimum absolute atomic E-state index is 0. The predicted molar refractivity (Wildman–Crippen MR) is 87.6 cm³/mol. The van der Waals surface area contributed by atoms with E-state index >= 15 is 0 Å². The Morgan fingerprint density at radius 2 is 2.00 bits per heavy atom. The fraction of sp³-hybridized carbons (Fsp3) is 0.938. The number of rotatable bonds is 6. The van der Waals surface area contributed by atoms with Gasteiger partial charge >= 0.3 is 0 Å². The number of hydrogen-bond acceptors (Lipinski definition) is 3. The Morgan fingerprint density at radius 3 is 2.52 bits per heavy atom. The molecule has 0 aliphatic heterocycles. The number of carbonyl (C=O) groups is 1. The maximum atomic E-state index is 12.4. The Morgan fingerprint density at radius 1 is 1.38 bits per heavy atom. The summed E-state index contributed by atoms with van der Waals surface area (Å²) in [5.41, 5.74) is 6.22. The quantitative estimate of drug-likeness (QED) is 0.819. The van der Waals surface area contributed by atoms with Crippen LogP contribution in [-0.4, -0.2) is 42.6 Å². The molecule has 0 radical (unpaired) electrons. The van der Waals surface area contributed by atoms with Crippen LogP contribution in [0.25, 0.3) is 0 Å². The van der Waals surface area contributed by atoms with E-state index in [-0.39, 0.29) is 29.8 Å². The molecule has 1 spiro atoms. The van der Waals surface area contributed by atoms with Crippen LogP contribution in [0.3, 0.4) is 0 Å². The van der Waals surface area contributed by atoms with Gasteiger partial charge in [0.1, 0.15) is 0 Å². The van der Waals surface area contributed by atoms with E-state index in [4.69, 9.17) is 10.5 Å². The first-order valence-corrected chi connectivity index (χ1v) is 8.20. The number of amides is 1. The second-order valence-electron chi connectivity index (χ2n) is 6.48. The third-order valence-electron chi connectivity index (χ3n) is 5.38. The Balaban J connectivity index is 0.00000220. The van der Waals surface area contributed by atoms with Gasteiger partial charge in [-0.05, 0) is 32.6 Å². The Kier molecular flexibility index (Phi) is 6.95. The fourth-order valence-electron chi connectivity index (χ4n) is 4.24. The second kappa shape index (κ2) is 7.80. The molecule has 4 nitrogen and oxygen atoms in total. The van der Waals surface area contributed by atoms with Crippen LogP contribution in [-0.2, 0) is 9.53 Å². The first-order valence-electron chi connectivity index (χ1n) is 8.20. The zero-order chi connectivity index (χ0) is 14.8. The van der Waals surface area contributed by atoms with Gasteiger partial charge in [0, 0.05) is 25.1 Å². The van der Waals surface area contributed by atoms with E-state index in [0.29, 0.717) is 12.1 Å². The zero-order valence-electron chi connectivity index (χ0n) is 13.6. The van der Waals surface area contributed by atoms with Crippen LogP contribution in [0, 0.1) is 5.41 Å². The van der Waals surface area contributed by atoms with Crippen LogP contribution in [0.2, 0.25) is 0 Å². The molecule has 2 rings (SSSR count). The van der Waals surface area contributed by atoms with Gasteiger partial charge in [-0.15, -0.1) is 12.4 Å². The van der Waals surface area contributed by atoms with Crippen molar-refractivity contribution in [3.05, 3.63) is 0 Å². The lowest BCUT2D eigenvalue weighted by Crippen LogP contribution is -2.65. The Hall–Kier alpha value is -0.320. The van der Waals surface area contributed by atoms with Gasteiger partial charge in [-0.2, -0.15) is 0 Å². The number of carbonyl (C=O) groups excluding carboxylic acids is 1. The van der Waals surface area contributed by atoms with Crippen LogP contribution in [0.5, 0.6) is 0 Å². The highest BCUT2D eigenvalue weighted by Crippen LogP contribution is 2.56. The fourth-order valence-corrected chi connectivity index (χ4v) is 4.24. The van der Waals surface area contributed by atoms with Gasteiger partial charge in [0.15, 0.2) is 0 Å². The minimum Gasteiger partial charge on any atom is -0.378 e. The van der Waals surface area contributed by atoms with Crippen molar-refractivity contribution in [3.63, 3.8) is 0 Å². The molecule has 3 unspecified atom stereocenters. The molecule has 2 saturated carbocycles. The largest absolute Gasteiger partial charge is 0.378 e. The number of ether oxygens (including phenoxy) is 1. The topological polar surface area (TPSA) is 55.6 Å². The van der Waals surface area contributed by atoms with Crippen LogP contribution in [0.1, 0.15) is 58.8 Å². The van der Waals surface area contributed by atoms with Gasteiger partial charge in [-0.1, -0.05) is 26.2 Å². The Bertz CT molecular complexity index is 345. The van der Waals surface area contributed by atoms with E-state index in [1.807, 2.05) is 11.9 Å². The lowest BCUT2D eigenvalue weighted by atomic mass is 9.60. The highest BCUT2D eigenvalue weighted by Gasteiger charge is 2.58. The van der Waals surface area contributed by atoms with Crippen LogP contribution in [0.4, 0.5) is 0 Å². The summed E-state index contributed by atoms with van der Waals surface area (Å²) in [7, 11) is 1.94. The van der Waals surface area contributed by atoms with Gasteiger partial charge in [0.05, 0.1) is 12.1 Å². The van der Waals surface area contributed by atoms with Crippen molar-refractivity contribution in [1.29, 1.82) is 0 Å². The molecule has 124 valence electrons. The van der Waals surface area contributed by atoms with Crippen LogP contribution in [0.15, 0.2) is 0 Å². The molecule has 2 aliphatic rings. The maximum absolute atomic E-state index is 12.4. The number of hydrogen-bond donors (Lipinski definition) is 1. The summed E-state index contributed by atoms with van der Waals surface area (Å²) in [5, 5.41) is 0. The average molecular weight is 319 g/mol. The van der Waals surface area contributed by atoms with Gasteiger partial charge < -0.3 is 15.4 Å². The molecule has 0 bridgehead atoms. The van der Waals surface area contributed by atoms with E-state index in [1.165, 1.54) is 25.7 Å². The molecule has 0 saturated heterocycles. The van der Waals surface area contributed by atoms with Crippen molar-refractivity contribution in [2.75, 3.05) is 13.7 Å². The number of halogens is 1. The van der Waals surface area contributed by atoms with E-state index in [0.717, 1.165) is 25.9 Å². The number of likely N-dealkylation sites (N-methyl/N-ethyl adjacent to an activating group) is 1. The molecule has 3 atom stereocenters. The first-order chi connectivity index (χ1) is 9.56. The molecule has 0 aromatic heterocycles. The van der Waals surface area contributed by atoms with Crippen molar-refractivity contribution in [2.24, 2.45) is 11.1 Å². The van der Waals surface area contributed by atoms with Crippen molar-refractivity contribution in [1.82, 2.24) is 4.90 Å².